The van der Waals surface area contributed by atoms with Crippen molar-refractivity contribution in [2.24, 2.45) is 5.92 Å². The third-order valence-electron chi connectivity index (χ3n) is 5.36. The van der Waals surface area contributed by atoms with Crippen LogP contribution in [-0.2, 0) is 17.5 Å². The van der Waals surface area contributed by atoms with Crippen LogP contribution in [0.15, 0.2) is 60.3 Å². The van der Waals surface area contributed by atoms with E-state index in [0.29, 0.717) is 29.0 Å². The highest BCUT2D eigenvalue weighted by atomic mass is 35.5. The Labute approximate surface area is 238 Å². The number of alkyl halides is 3. The zero-order chi connectivity index (χ0) is 28.7. The molecule has 0 aliphatic heterocycles. The molecule has 2 aromatic carbocycles. The van der Waals surface area contributed by atoms with E-state index in [1.807, 2.05) is 13.8 Å². The van der Waals surface area contributed by atoms with Gasteiger partial charge in [-0.1, -0.05) is 61.0 Å². The fraction of sp³-hybridized carbons (Fsp3) is 0.308. The van der Waals surface area contributed by atoms with Crippen LogP contribution >= 0.6 is 35.0 Å². The molecule has 0 saturated heterocycles. The number of benzene rings is 2. The molecular formula is C26H26Cl2F3N5O2S. The van der Waals surface area contributed by atoms with Crippen LogP contribution in [0.25, 0.3) is 0 Å². The molecule has 13 heteroatoms. The van der Waals surface area contributed by atoms with E-state index in [-0.39, 0.29) is 27.9 Å². The van der Waals surface area contributed by atoms with E-state index < -0.39 is 29.6 Å². The Hall–Kier alpha value is -3.02. The number of rotatable bonds is 11. The van der Waals surface area contributed by atoms with E-state index in [0.717, 1.165) is 23.9 Å². The topological polar surface area (TPSA) is 88.9 Å². The Morgan fingerprint density at radius 3 is 2.54 bits per heavy atom. The summed E-state index contributed by atoms with van der Waals surface area (Å²) in [7, 11) is 0. The van der Waals surface area contributed by atoms with Gasteiger partial charge < -0.3 is 15.2 Å². The van der Waals surface area contributed by atoms with Crippen molar-refractivity contribution in [2.75, 3.05) is 11.1 Å². The first kappa shape index (κ1) is 30.5. The van der Waals surface area contributed by atoms with E-state index in [4.69, 9.17) is 23.2 Å². The molecule has 39 heavy (non-hydrogen) atoms. The van der Waals surface area contributed by atoms with Gasteiger partial charge in [0.15, 0.2) is 11.0 Å². The van der Waals surface area contributed by atoms with Crippen molar-refractivity contribution in [3.05, 3.63) is 82.1 Å². The van der Waals surface area contributed by atoms with Crippen molar-refractivity contribution in [1.82, 2.24) is 20.1 Å². The lowest BCUT2D eigenvalue weighted by Gasteiger charge is -2.21. The molecule has 3 aromatic rings. The van der Waals surface area contributed by atoms with Crippen LogP contribution in [-0.4, -0.2) is 32.3 Å². The van der Waals surface area contributed by atoms with Gasteiger partial charge in [-0.2, -0.15) is 13.2 Å². The first-order chi connectivity index (χ1) is 18.4. The number of anilines is 1. The monoisotopic (exact) mass is 599 g/mol. The lowest BCUT2D eigenvalue weighted by Crippen LogP contribution is -2.32. The lowest BCUT2D eigenvalue weighted by atomic mass is 10.0. The number of hydrogen-bond donors (Lipinski definition) is 2. The molecule has 0 radical (unpaired) electrons. The second-order valence-corrected chi connectivity index (χ2v) is 10.7. The van der Waals surface area contributed by atoms with Gasteiger partial charge in [0.25, 0.3) is 5.91 Å². The minimum Gasteiger partial charge on any atom is -0.342 e. The minimum atomic E-state index is -4.52. The van der Waals surface area contributed by atoms with Crippen LogP contribution in [0.5, 0.6) is 0 Å². The maximum absolute atomic E-state index is 13.0. The van der Waals surface area contributed by atoms with Crippen molar-refractivity contribution >= 4 is 52.5 Å². The molecule has 208 valence electrons. The predicted molar refractivity (Wildman–Crippen MR) is 147 cm³/mol. The van der Waals surface area contributed by atoms with Crippen molar-refractivity contribution in [1.29, 1.82) is 0 Å². The van der Waals surface area contributed by atoms with Crippen LogP contribution in [0.2, 0.25) is 10.0 Å². The maximum atomic E-state index is 13.0. The molecule has 0 aliphatic carbocycles. The van der Waals surface area contributed by atoms with Gasteiger partial charge >= 0.3 is 6.18 Å². The van der Waals surface area contributed by atoms with Gasteiger partial charge in [-0.25, -0.2) is 0 Å². The standard InChI is InChI=1S/C26H26Cl2F3N5O2S/c1-4-10-36-23(21(11-15(2)3)33-24(38)19-9-8-17(27)13-20(19)28)34-35-25(36)39-14-22(37)32-18-7-5-6-16(12-18)26(29,30)31/h4-9,12-13,15,21H,1,10-11,14H2,2-3H3,(H,32,37)(H,33,38)/t21-/m1/s1. The Kier molecular flexibility index (Phi) is 10.5. The maximum Gasteiger partial charge on any atom is 0.416 e. The number of carbonyl (C=O) groups excluding carboxylic acids is 2. The third kappa shape index (κ3) is 8.48. The van der Waals surface area contributed by atoms with E-state index >= 15 is 0 Å². The van der Waals surface area contributed by atoms with Gasteiger partial charge in [-0.15, -0.1) is 16.8 Å². The van der Waals surface area contributed by atoms with Crippen molar-refractivity contribution in [3.63, 3.8) is 0 Å². The van der Waals surface area contributed by atoms with Crippen LogP contribution in [0.4, 0.5) is 18.9 Å². The van der Waals surface area contributed by atoms with E-state index in [1.54, 1.807) is 16.7 Å². The normalized spacial score (nSPS) is 12.3. The van der Waals surface area contributed by atoms with E-state index in [9.17, 15) is 22.8 Å². The predicted octanol–water partition coefficient (Wildman–Crippen LogP) is 7.04. The van der Waals surface area contributed by atoms with Crippen LogP contribution in [0.3, 0.4) is 0 Å². The van der Waals surface area contributed by atoms with Gasteiger partial charge in [0.1, 0.15) is 0 Å². The molecule has 0 spiro atoms. The summed E-state index contributed by atoms with van der Waals surface area (Å²) < 4.78 is 40.6. The number of allylic oxidation sites excluding steroid dienone is 1. The van der Waals surface area contributed by atoms with E-state index in [2.05, 4.69) is 27.4 Å². The second kappa shape index (κ2) is 13.4. The molecule has 1 atom stereocenters. The smallest absolute Gasteiger partial charge is 0.342 e. The molecule has 0 aliphatic rings. The zero-order valence-corrected chi connectivity index (χ0v) is 23.4. The number of nitrogens with one attached hydrogen (secondary N) is 2. The Morgan fingerprint density at radius 2 is 1.90 bits per heavy atom. The molecule has 3 rings (SSSR count). The number of amides is 2. The van der Waals surface area contributed by atoms with E-state index in [1.165, 1.54) is 24.3 Å². The lowest BCUT2D eigenvalue weighted by molar-refractivity contribution is -0.137. The molecule has 7 nitrogen and oxygen atoms in total. The summed E-state index contributed by atoms with van der Waals surface area (Å²) in [6, 6.07) is 8.44. The second-order valence-electron chi connectivity index (χ2n) is 8.94. The van der Waals surface area contributed by atoms with Crippen LogP contribution in [0.1, 0.15) is 48.1 Å². The molecule has 1 heterocycles. The molecule has 2 amide bonds. The molecule has 0 fully saturated rings. The molecule has 0 unspecified atom stereocenters. The number of hydrogen-bond acceptors (Lipinski definition) is 5. The number of thioether (sulfide) groups is 1. The third-order valence-corrected chi connectivity index (χ3v) is 6.88. The average molecular weight is 600 g/mol. The van der Waals surface area contributed by atoms with Crippen LogP contribution in [0, 0.1) is 5.92 Å². The molecular weight excluding hydrogens is 574 g/mol. The summed E-state index contributed by atoms with van der Waals surface area (Å²) in [4.78, 5) is 25.5. The molecule has 0 saturated carbocycles. The Balaban J connectivity index is 1.77. The first-order valence-electron chi connectivity index (χ1n) is 11.8. The van der Waals surface area contributed by atoms with Gasteiger partial charge in [-0.3, -0.25) is 9.59 Å². The van der Waals surface area contributed by atoms with Gasteiger partial charge in [0.05, 0.1) is 27.9 Å². The largest absolute Gasteiger partial charge is 0.416 e. The summed E-state index contributed by atoms with van der Waals surface area (Å²) in [5, 5.41) is 14.9. The summed E-state index contributed by atoms with van der Waals surface area (Å²) in [5.74, 6) is -0.418. The fourth-order valence-electron chi connectivity index (χ4n) is 3.68. The van der Waals surface area contributed by atoms with Crippen molar-refractivity contribution in [3.8, 4) is 0 Å². The molecule has 2 N–H and O–H groups in total. The molecule has 0 bridgehead atoms. The van der Waals surface area contributed by atoms with Crippen molar-refractivity contribution in [2.45, 2.75) is 44.2 Å². The quantitative estimate of drug-likeness (QED) is 0.182. The van der Waals surface area contributed by atoms with Gasteiger partial charge in [0.2, 0.25) is 5.91 Å². The zero-order valence-electron chi connectivity index (χ0n) is 21.1. The highest BCUT2D eigenvalue weighted by Crippen LogP contribution is 2.31. The summed E-state index contributed by atoms with van der Waals surface area (Å²) in [6.07, 6.45) is -2.36. The minimum absolute atomic E-state index is 0.0317. The Bertz CT molecular complexity index is 1350. The summed E-state index contributed by atoms with van der Waals surface area (Å²) >= 11 is 13.2. The SMILES string of the molecule is C=CCn1c(SCC(=O)Nc2cccc(C(F)(F)F)c2)nnc1[C@@H](CC(C)C)NC(=O)c1ccc(Cl)cc1Cl. The van der Waals surface area contributed by atoms with Crippen molar-refractivity contribution < 1.29 is 22.8 Å². The average Bonchev–Trinajstić information content (AvgIpc) is 3.24. The summed E-state index contributed by atoms with van der Waals surface area (Å²) in [6.45, 7) is 8.06. The molecule has 1 aromatic heterocycles. The number of carbonyl (C=O) groups is 2. The Morgan fingerprint density at radius 1 is 1.15 bits per heavy atom. The summed E-state index contributed by atoms with van der Waals surface area (Å²) in [5.41, 5.74) is -0.573. The first-order valence-corrected chi connectivity index (χ1v) is 13.5. The highest BCUT2D eigenvalue weighted by Gasteiger charge is 2.30. The van der Waals surface area contributed by atoms with Crippen LogP contribution < -0.4 is 10.6 Å². The number of nitrogens with zero attached hydrogens (tertiary/aromatic N) is 3. The van der Waals surface area contributed by atoms with Gasteiger partial charge in [-0.05, 0) is 48.7 Å². The highest BCUT2D eigenvalue weighted by molar-refractivity contribution is 7.99. The number of halogens is 5. The van der Waals surface area contributed by atoms with Gasteiger partial charge in [0, 0.05) is 17.3 Å². The fourth-order valence-corrected chi connectivity index (χ4v) is 4.92. The number of aromatic nitrogens is 3.